The van der Waals surface area contributed by atoms with Crippen LogP contribution < -0.4 is 10.6 Å². The molecule has 0 aromatic heterocycles. The molecule has 3 aromatic carbocycles. The molecule has 0 atom stereocenters. The molecule has 24 heavy (non-hydrogen) atoms. The summed E-state index contributed by atoms with van der Waals surface area (Å²) in [7, 11) is 0. The monoisotopic (exact) mass is 336 g/mol. The van der Waals surface area contributed by atoms with E-state index in [0.29, 0.717) is 10.8 Å². The van der Waals surface area contributed by atoms with Crippen LogP contribution in [0.25, 0.3) is 0 Å². The van der Waals surface area contributed by atoms with Crippen molar-refractivity contribution in [3.8, 4) is 0 Å². The number of hydrogen-bond donors (Lipinski definition) is 2. The van der Waals surface area contributed by atoms with Crippen molar-refractivity contribution in [2.75, 3.05) is 5.32 Å². The maximum Gasteiger partial charge on any atom is 0.171 e. The molecule has 0 bridgehead atoms. The molecule has 0 heterocycles. The molecule has 0 spiro atoms. The van der Waals surface area contributed by atoms with Crippen LogP contribution in [-0.4, -0.2) is 5.11 Å². The molecule has 0 unspecified atom stereocenters. The van der Waals surface area contributed by atoms with Gasteiger partial charge in [-0.05, 0) is 35.5 Å². The summed E-state index contributed by atoms with van der Waals surface area (Å²) in [5.41, 5.74) is 2.53. The fraction of sp³-hybridized carbons (Fsp3) is 0.0500. The van der Waals surface area contributed by atoms with Gasteiger partial charge in [0, 0.05) is 0 Å². The first-order valence-corrected chi connectivity index (χ1v) is 8.07. The third-order valence-electron chi connectivity index (χ3n) is 3.66. The fourth-order valence-corrected chi connectivity index (χ4v) is 2.73. The number of thiocarbonyl (C=S) groups is 1. The van der Waals surface area contributed by atoms with Gasteiger partial charge in [-0.15, -0.1) is 0 Å². The Morgan fingerprint density at radius 2 is 1.25 bits per heavy atom. The van der Waals surface area contributed by atoms with Crippen LogP contribution in [0.4, 0.5) is 10.1 Å². The van der Waals surface area contributed by atoms with Crippen LogP contribution >= 0.6 is 12.2 Å². The van der Waals surface area contributed by atoms with Gasteiger partial charge >= 0.3 is 0 Å². The Labute approximate surface area is 146 Å². The highest BCUT2D eigenvalue weighted by atomic mass is 32.1. The van der Waals surface area contributed by atoms with Crippen LogP contribution in [0.5, 0.6) is 0 Å². The highest BCUT2D eigenvalue weighted by Crippen LogP contribution is 2.22. The summed E-state index contributed by atoms with van der Waals surface area (Å²) >= 11 is 5.38. The lowest BCUT2D eigenvalue weighted by Crippen LogP contribution is -2.33. The summed E-state index contributed by atoms with van der Waals surface area (Å²) in [5, 5.41) is 6.58. The van der Waals surface area contributed by atoms with Gasteiger partial charge in [0.25, 0.3) is 0 Å². The van der Waals surface area contributed by atoms with Gasteiger partial charge in [-0.3, -0.25) is 0 Å². The molecule has 0 saturated carbocycles. The third kappa shape index (κ3) is 3.97. The summed E-state index contributed by atoms with van der Waals surface area (Å²) < 4.78 is 13.8. The van der Waals surface area contributed by atoms with E-state index in [1.54, 1.807) is 18.2 Å². The van der Waals surface area contributed by atoms with Crippen LogP contribution in [0.2, 0.25) is 0 Å². The minimum atomic E-state index is -0.336. The zero-order chi connectivity index (χ0) is 16.8. The van der Waals surface area contributed by atoms with Crippen molar-refractivity contribution >= 4 is 23.0 Å². The normalized spacial score (nSPS) is 10.4. The zero-order valence-corrected chi connectivity index (χ0v) is 13.8. The molecule has 0 saturated heterocycles. The lowest BCUT2D eigenvalue weighted by atomic mass is 9.99. The maximum absolute atomic E-state index is 13.8. The lowest BCUT2D eigenvalue weighted by molar-refractivity contribution is 0.632. The Morgan fingerprint density at radius 3 is 1.79 bits per heavy atom. The molecule has 3 aromatic rings. The first kappa shape index (κ1) is 16.1. The molecule has 0 radical (unpaired) electrons. The number of rotatable bonds is 4. The molecule has 4 heteroatoms. The second-order valence-electron chi connectivity index (χ2n) is 5.33. The van der Waals surface area contributed by atoms with Gasteiger partial charge in [0.2, 0.25) is 0 Å². The van der Waals surface area contributed by atoms with E-state index in [1.807, 2.05) is 60.7 Å². The van der Waals surface area contributed by atoms with E-state index in [1.165, 1.54) is 6.07 Å². The number of hydrogen-bond acceptors (Lipinski definition) is 1. The Hall–Kier alpha value is -2.72. The van der Waals surface area contributed by atoms with Crippen LogP contribution in [0.3, 0.4) is 0 Å². The van der Waals surface area contributed by atoms with Crippen molar-refractivity contribution in [1.29, 1.82) is 0 Å². The SMILES string of the molecule is Fc1ccccc1NC(=S)NC(c1ccccc1)c1ccccc1. The van der Waals surface area contributed by atoms with E-state index in [-0.39, 0.29) is 11.9 Å². The molecule has 2 N–H and O–H groups in total. The molecule has 0 amide bonds. The highest BCUT2D eigenvalue weighted by molar-refractivity contribution is 7.80. The van der Waals surface area contributed by atoms with Gasteiger partial charge in [-0.2, -0.15) is 0 Å². The molecule has 3 rings (SSSR count). The van der Waals surface area contributed by atoms with Crippen molar-refractivity contribution in [1.82, 2.24) is 5.32 Å². The maximum atomic E-state index is 13.8. The fourth-order valence-electron chi connectivity index (χ4n) is 2.50. The largest absolute Gasteiger partial charge is 0.352 e. The van der Waals surface area contributed by atoms with E-state index >= 15 is 0 Å². The smallest absolute Gasteiger partial charge is 0.171 e. The molecule has 120 valence electrons. The number of anilines is 1. The van der Waals surface area contributed by atoms with E-state index in [9.17, 15) is 4.39 Å². The summed E-state index contributed by atoms with van der Waals surface area (Å²) in [6, 6.07) is 26.4. The van der Waals surface area contributed by atoms with Gasteiger partial charge in [-0.1, -0.05) is 72.8 Å². The van der Waals surface area contributed by atoms with E-state index in [0.717, 1.165) is 11.1 Å². The van der Waals surface area contributed by atoms with Crippen molar-refractivity contribution in [3.63, 3.8) is 0 Å². The predicted molar refractivity (Wildman–Crippen MR) is 100 cm³/mol. The molecular formula is C20H17FN2S. The van der Waals surface area contributed by atoms with Gasteiger partial charge in [0.1, 0.15) is 5.82 Å². The molecule has 0 aliphatic carbocycles. The van der Waals surface area contributed by atoms with Crippen LogP contribution in [0.1, 0.15) is 17.2 Å². The summed E-state index contributed by atoms with van der Waals surface area (Å²) in [5.74, 6) is -0.336. The second kappa shape index (κ2) is 7.70. The van der Waals surface area contributed by atoms with Crippen molar-refractivity contribution in [2.24, 2.45) is 0 Å². The van der Waals surface area contributed by atoms with Crippen LogP contribution in [0, 0.1) is 5.82 Å². The van der Waals surface area contributed by atoms with E-state index < -0.39 is 0 Å². The highest BCUT2D eigenvalue weighted by Gasteiger charge is 2.15. The van der Waals surface area contributed by atoms with Gasteiger partial charge in [0.15, 0.2) is 5.11 Å². The first-order chi connectivity index (χ1) is 11.7. The average Bonchev–Trinajstić information content (AvgIpc) is 2.63. The Morgan fingerprint density at radius 1 is 0.750 bits per heavy atom. The number of para-hydroxylation sites is 1. The minimum absolute atomic E-state index is 0.112. The standard InChI is InChI=1S/C20H17FN2S/c21-17-13-7-8-14-18(17)22-20(24)23-19(15-9-3-1-4-10-15)16-11-5-2-6-12-16/h1-14,19H,(H2,22,23,24). The van der Waals surface area contributed by atoms with Crippen LogP contribution in [0.15, 0.2) is 84.9 Å². The third-order valence-corrected chi connectivity index (χ3v) is 3.88. The molecular weight excluding hydrogens is 319 g/mol. The van der Waals surface area contributed by atoms with Gasteiger partial charge in [0.05, 0.1) is 11.7 Å². The molecule has 2 nitrogen and oxygen atoms in total. The average molecular weight is 336 g/mol. The number of halogens is 1. The van der Waals surface area contributed by atoms with E-state index in [2.05, 4.69) is 10.6 Å². The quantitative estimate of drug-likeness (QED) is 0.663. The van der Waals surface area contributed by atoms with Gasteiger partial charge < -0.3 is 10.6 Å². The van der Waals surface area contributed by atoms with Gasteiger partial charge in [-0.25, -0.2) is 4.39 Å². The van der Waals surface area contributed by atoms with E-state index in [4.69, 9.17) is 12.2 Å². The molecule has 0 fully saturated rings. The van der Waals surface area contributed by atoms with Crippen LogP contribution in [-0.2, 0) is 0 Å². The number of benzene rings is 3. The topological polar surface area (TPSA) is 24.1 Å². The van der Waals surface area contributed by atoms with Crippen molar-refractivity contribution in [3.05, 3.63) is 102 Å². The molecule has 0 aliphatic heterocycles. The summed E-state index contributed by atoms with van der Waals surface area (Å²) in [6.07, 6.45) is 0. The summed E-state index contributed by atoms with van der Waals surface area (Å²) in [6.45, 7) is 0. The summed E-state index contributed by atoms with van der Waals surface area (Å²) in [4.78, 5) is 0. The second-order valence-corrected chi connectivity index (χ2v) is 5.74. The Bertz CT molecular complexity index is 767. The zero-order valence-electron chi connectivity index (χ0n) is 12.9. The predicted octanol–water partition coefficient (Wildman–Crippen LogP) is 4.90. The number of nitrogens with one attached hydrogen (secondary N) is 2. The lowest BCUT2D eigenvalue weighted by Gasteiger charge is -2.22. The van der Waals surface area contributed by atoms with Crippen molar-refractivity contribution < 1.29 is 4.39 Å². The first-order valence-electron chi connectivity index (χ1n) is 7.66. The Kier molecular flexibility index (Phi) is 5.18. The van der Waals surface area contributed by atoms with Crippen molar-refractivity contribution in [2.45, 2.75) is 6.04 Å². The Balaban J connectivity index is 1.82. The minimum Gasteiger partial charge on any atom is -0.352 e. The molecule has 0 aliphatic rings.